The van der Waals surface area contributed by atoms with Crippen LogP contribution < -0.4 is 4.90 Å². The van der Waals surface area contributed by atoms with Gasteiger partial charge in [-0.3, -0.25) is 9.69 Å². The SMILES string of the molecule is O=C(CN1CCN(c2ncccn2)CC1)N1CCO[C@@H]2CCCC[C@H]21. The van der Waals surface area contributed by atoms with Crippen molar-refractivity contribution in [3.8, 4) is 0 Å². The number of carbonyl (C=O) groups is 1. The van der Waals surface area contributed by atoms with E-state index in [1.807, 2.05) is 6.07 Å². The number of hydrogen-bond donors (Lipinski definition) is 0. The zero-order valence-electron chi connectivity index (χ0n) is 14.7. The fourth-order valence-corrected chi connectivity index (χ4v) is 4.25. The molecule has 0 bridgehead atoms. The van der Waals surface area contributed by atoms with Crippen molar-refractivity contribution in [3.05, 3.63) is 18.5 Å². The van der Waals surface area contributed by atoms with Crippen LogP contribution in [-0.4, -0.2) is 83.7 Å². The Morgan fingerprint density at radius 1 is 1.08 bits per heavy atom. The van der Waals surface area contributed by atoms with Crippen LogP contribution in [0.15, 0.2) is 18.5 Å². The standard InChI is InChI=1S/C18H27N5O2/c24-17(23-12-13-25-16-5-2-1-4-15(16)23)14-21-8-10-22(11-9-21)18-19-6-3-7-20-18/h3,6-7,15-16H,1-2,4-5,8-14H2/t15-,16-/m1/s1. The van der Waals surface area contributed by atoms with Gasteiger partial charge in [-0.2, -0.15) is 0 Å². The third kappa shape index (κ3) is 3.77. The molecule has 7 nitrogen and oxygen atoms in total. The Labute approximate surface area is 149 Å². The first-order valence-corrected chi connectivity index (χ1v) is 9.46. The number of aromatic nitrogens is 2. The van der Waals surface area contributed by atoms with Gasteiger partial charge in [0.25, 0.3) is 0 Å². The van der Waals surface area contributed by atoms with Crippen LogP contribution in [0.4, 0.5) is 5.95 Å². The van der Waals surface area contributed by atoms with Gasteiger partial charge in [-0.15, -0.1) is 0 Å². The van der Waals surface area contributed by atoms with Gasteiger partial charge in [0.2, 0.25) is 11.9 Å². The molecule has 0 unspecified atom stereocenters. The molecule has 0 spiro atoms. The van der Waals surface area contributed by atoms with Crippen LogP contribution in [0.1, 0.15) is 25.7 Å². The van der Waals surface area contributed by atoms with Crippen LogP contribution in [0.25, 0.3) is 0 Å². The summed E-state index contributed by atoms with van der Waals surface area (Å²) in [4.78, 5) is 28.0. The van der Waals surface area contributed by atoms with E-state index in [9.17, 15) is 4.79 Å². The van der Waals surface area contributed by atoms with Gasteiger partial charge in [-0.25, -0.2) is 9.97 Å². The van der Waals surface area contributed by atoms with Gasteiger partial charge < -0.3 is 14.5 Å². The summed E-state index contributed by atoms with van der Waals surface area (Å²) in [6, 6.07) is 2.13. The van der Waals surface area contributed by atoms with Crippen molar-refractivity contribution < 1.29 is 9.53 Å². The minimum atomic E-state index is 0.263. The number of ether oxygens (including phenoxy) is 1. The summed E-state index contributed by atoms with van der Waals surface area (Å²) >= 11 is 0. The topological polar surface area (TPSA) is 61.8 Å². The van der Waals surface area contributed by atoms with Crippen LogP contribution in [0.2, 0.25) is 0 Å². The lowest BCUT2D eigenvalue weighted by atomic mass is 9.90. The number of morpholine rings is 1. The van der Waals surface area contributed by atoms with E-state index in [2.05, 4.69) is 24.7 Å². The maximum atomic E-state index is 12.9. The molecule has 2 atom stereocenters. The zero-order valence-corrected chi connectivity index (χ0v) is 14.7. The van der Waals surface area contributed by atoms with Gasteiger partial charge in [-0.05, 0) is 18.9 Å². The van der Waals surface area contributed by atoms with Gasteiger partial charge in [0.1, 0.15) is 0 Å². The molecular weight excluding hydrogens is 318 g/mol. The molecule has 3 fully saturated rings. The van der Waals surface area contributed by atoms with Gasteiger partial charge in [0.05, 0.1) is 25.3 Å². The fourth-order valence-electron chi connectivity index (χ4n) is 4.25. The molecule has 1 aromatic heterocycles. The van der Waals surface area contributed by atoms with Gasteiger partial charge >= 0.3 is 0 Å². The lowest BCUT2D eigenvalue weighted by molar-refractivity contribution is -0.150. The molecule has 1 aromatic rings. The van der Waals surface area contributed by atoms with Crippen molar-refractivity contribution in [1.82, 2.24) is 19.8 Å². The number of nitrogens with zero attached hydrogens (tertiary/aromatic N) is 5. The normalized spacial score (nSPS) is 27.8. The minimum absolute atomic E-state index is 0.263. The molecule has 2 saturated heterocycles. The van der Waals surface area contributed by atoms with Crippen LogP contribution in [0.3, 0.4) is 0 Å². The Morgan fingerprint density at radius 2 is 1.84 bits per heavy atom. The molecule has 0 N–H and O–H groups in total. The second-order valence-electron chi connectivity index (χ2n) is 7.16. The average Bonchev–Trinajstić information content (AvgIpc) is 2.69. The van der Waals surface area contributed by atoms with Gasteiger partial charge in [0.15, 0.2) is 0 Å². The third-order valence-electron chi connectivity index (χ3n) is 5.62. The summed E-state index contributed by atoms with van der Waals surface area (Å²) < 4.78 is 5.89. The lowest BCUT2D eigenvalue weighted by Gasteiger charge is -2.44. The monoisotopic (exact) mass is 345 g/mol. The van der Waals surface area contributed by atoms with Crippen molar-refractivity contribution in [3.63, 3.8) is 0 Å². The summed E-state index contributed by atoms with van der Waals surface area (Å²) in [7, 11) is 0. The molecule has 7 heteroatoms. The molecule has 2 aliphatic heterocycles. The molecule has 1 amide bonds. The summed E-state index contributed by atoms with van der Waals surface area (Å²) in [5, 5.41) is 0. The Kier molecular flexibility index (Phi) is 5.12. The molecule has 3 heterocycles. The first-order valence-electron chi connectivity index (χ1n) is 9.46. The summed E-state index contributed by atoms with van der Waals surface area (Å²) in [5.74, 6) is 1.05. The van der Waals surface area contributed by atoms with Crippen molar-refractivity contribution in [1.29, 1.82) is 0 Å². The van der Waals surface area contributed by atoms with Crippen molar-refractivity contribution >= 4 is 11.9 Å². The molecule has 0 radical (unpaired) electrons. The first-order chi connectivity index (χ1) is 12.3. The van der Waals surface area contributed by atoms with Gasteiger partial charge in [-0.1, -0.05) is 12.8 Å². The summed E-state index contributed by atoms with van der Waals surface area (Å²) in [6.45, 7) is 5.44. The number of fused-ring (bicyclic) bond motifs is 1. The van der Waals surface area contributed by atoms with Crippen molar-refractivity contribution in [2.45, 2.75) is 37.8 Å². The highest BCUT2D eigenvalue weighted by Crippen LogP contribution is 2.28. The average molecular weight is 345 g/mol. The molecule has 4 rings (SSSR count). The highest BCUT2D eigenvalue weighted by molar-refractivity contribution is 5.79. The minimum Gasteiger partial charge on any atom is -0.374 e. The molecule has 1 aliphatic carbocycles. The van der Waals surface area contributed by atoms with Crippen molar-refractivity contribution in [2.24, 2.45) is 0 Å². The number of hydrogen-bond acceptors (Lipinski definition) is 6. The highest BCUT2D eigenvalue weighted by Gasteiger charge is 2.37. The second kappa shape index (κ2) is 7.66. The van der Waals surface area contributed by atoms with E-state index in [-0.39, 0.29) is 12.0 Å². The molecule has 1 saturated carbocycles. The largest absolute Gasteiger partial charge is 0.374 e. The van der Waals surface area contributed by atoms with Gasteiger partial charge in [0, 0.05) is 45.1 Å². The van der Waals surface area contributed by atoms with E-state index in [1.54, 1.807) is 12.4 Å². The molecule has 0 aromatic carbocycles. The predicted molar refractivity (Wildman–Crippen MR) is 94.4 cm³/mol. The summed E-state index contributed by atoms with van der Waals surface area (Å²) in [6.07, 6.45) is 8.45. The van der Waals surface area contributed by atoms with E-state index in [0.717, 1.165) is 51.5 Å². The number of carbonyl (C=O) groups excluding carboxylic acids is 1. The summed E-state index contributed by atoms with van der Waals surface area (Å²) in [5.41, 5.74) is 0. The fraction of sp³-hybridized carbons (Fsp3) is 0.722. The third-order valence-corrected chi connectivity index (χ3v) is 5.62. The van der Waals surface area contributed by atoms with Crippen LogP contribution in [-0.2, 0) is 9.53 Å². The van der Waals surface area contributed by atoms with Crippen LogP contribution in [0.5, 0.6) is 0 Å². The Hall–Kier alpha value is -1.73. The maximum absolute atomic E-state index is 12.9. The van der Waals surface area contributed by atoms with E-state index in [1.165, 1.54) is 12.8 Å². The molecule has 136 valence electrons. The lowest BCUT2D eigenvalue weighted by Crippen LogP contribution is -2.58. The quantitative estimate of drug-likeness (QED) is 0.806. The smallest absolute Gasteiger partial charge is 0.237 e. The second-order valence-corrected chi connectivity index (χ2v) is 7.16. The van der Waals surface area contributed by atoms with E-state index in [4.69, 9.17) is 4.74 Å². The number of anilines is 1. The number of piperazine rings is 1. The Morgan fingerprint density at radius 3 is 2.64 bits per heavy atom. The van der Waals surface area contributed by atoms with Crippen LogP contribution in [0, 0.1) is 0 Å². The van der Waals surface area contributed by atoms with E-state index < -0.39 is 0 Å². The zero-order chi connectivity index (χ0) is 17.1. The van der Waals surface area contributed by atoms with Crippen molar-refractivity contribution in [2.75, 3.05) is 50.8 Å². The molecular formula is C18H27N5O2. The predicted octanol–water partition coefficient (Wildman–Crippen LogP) is 0.769. The Bertz CT molecular complexity index is 574. The highest BCUT2D eigenvalue weighted by atomic mass is 16.5. The number of amides is 1. The van der Waals surface area contributed by atoms with Crippen LogP contribution >= 0.6 is 0 Å². The van der Waals surface area contributed by atoms with E-state index in [0.29, 0.717) is 19.2 Å². The first kappa shape index (κ1) is 16.7. The molecule has 25 heavy (non-hydrogen) atoms. The number of rotatable bonds is 3. The van der Waals surface area contributed by atoms with E-state index >= 15 is 0 Å². The Balaban J connectivity index is 1.30. The molecule has 3 aliphatic rings. The maximum Gasteiger partial charge on any atom is 0.237 e.